The van der Waals surface area contributed by atoms with Gasteiger partial charge in [-0.2, -0.15) is 0 Å². The molecule has 2 amide bonds. The fourth-order valence-corrected chi connectivity index (χ4v) is 3.07. The van der Waals surface area contributed by atoms with E-state index in [0.717, 1.165) is 0 Å². The number of amides is 2. The van der Waals surface area contributed by atoms with E-state index in [4.69, 9.17) is 0 Å². The summed E-state index contributed by atoms with van der Waals surface area (Å²) in [5, 5.41) is 5.37. The van der Waals surface area contributed by atoms with E-state index >= 15 is 0 Å². The summed E-state index contributed by atoms with van der Waals surface area (Å²) in [4.78, 5) is 27.0. The van der Waals surface area contributed by atoms with Crippen molar-refractivity contribution in [3.05, 3.63) is 96.1 Å². The second-order valence-corrected chi connectivity index (χ2v) is 6.78. The van der Waals surface area contributed by atoms with Crippen LogP contribution in [0.1, 0.15) is 11.6 Å². The van der Waals surface area contributed by atoms with Crippen LogP contribution in [0.4, 0.5) is 20.2 Å². The van der Waals surface area contributed by atoms with Gasteiger partial charge in [-0.1, -0.05) is 36.4 Å². The monoisotopic (exact) mass is 409 g/mol. The molecule has 0 spiro atoms. The molecule has 3 aromatic rings. The van der Waals surface area contributed by atoms with Crippen molar-refractivity contribution in [3.8, 4) is 0 Å². The highest BCUT2D eigenvalue weighted by molar-refractivity contribution is 5.97. The average molecular weight is 409 g/mol. The van der Waals surface area contributed by atoms with Gasteiger partial charge in [0.1, 0.15) is 17.7 Å². The van der Waals surface area contributed by atoms with Gasteiger partial charge in [-0.3, -0.25) is 14.5 Å². The van der Waals surface area contributed by atoms with Gasteiger partial charge in [-0.15, -0.1) is 0 Å². The van der Waals surface area contributed by atoms with Crippen LogP contribution in [0.15, 0.2) is 78.9 Å². The Morgan fingerprint density at radius 2 is 1.53 bits per heavy atom. The molecule has 30 heavy (non-hydrogen) atoms. The zero-order chi connectivity index (χ0) is 21.5. The van der Waals surface area contributed by atoms with Crippen LogP contribution in [-0.2, 0) is 9.59 Å². The molecule has 3 aromatic carbocycles. The van der Waals surface area contributed by atoms with Crippen LogP contribution in [0.5, 0.6) is 0 Å². The highest BCUT2D eigenvalue weighted by Crippen LogP contribution is 2.22. The second kappa shape index (κ2) is 9.76. The molecular weight excluding hydrogens is 388 g/mol. The Kier molecular flexibility index (Phi) is 6.87. The lowest BCUT2D eigenvalue weighted by Gasteiger charge is -2.27. The van der Waals surface area contributed by atoms with Gasteiger partial charge >= 0.3 is 0 Å². The molecule has 0 saturated carbocycles. The van der Waals surface area contributed by atoms with E-state index < -0.39 is 23.6 Å². The highest BCUT2D eigenvalue weighted by atomic mass is 19.1. The van der Waals surface area contributed by atoms with Crippen molar-refractivity contribution in [3.63, 3.8) is 0 Å². The first-order valence-corrected chi connectivity index (χ1v) is 9.29. The molecule has 0 radical (unpaired) electrons. The summed E-state index contributed by atoms with van der Waals surface area (Å²) < 4.78 is 26.5. The van der Waals surface area contributed by atoms with Crippen LogP contribution < -0.4 is 10.6 Å². The summed E-state index contributed by atoms with van der Waals surface area (Å²) >= 11 is 0. The fourth-order valence-electron chi connectivity index (χ4n) is 3.07. The van der Waals surface area contributed by atoms with E-state index in [9.17, 15) is 18.4 Å². The van der Waals surface area contributed by atoms with Gasteiger partial charge in [0.15, 0.2) is 0 Å². The minimum atomic E-state index is -0.769. The summed E-state index contributed by atoms with van der Waals surface area (Å²) in [5.41, 5.74) is 1.47. The zero-order valence-corrected chi connectivity index (χ0v) is 16.3. The third kappa shape index (κ3) is 5.71. The summed E-state index contributed by atoms with van der Waals surface area (Å²) in [6, 6.07) is 19.2. The molecule has 0 saturated heterocycles. The molecule has 3 rings (SSSR count). The molecule has 154 valence electrons. The Hall–Kier alpha value is -3.58. The van der Waals surface area contributed by atoms with E-state index in [-0.39, 0.29) is 12.5 Å². The molecule has 1 atom stereocenters. The predicted molar refractivity (Wildman–Crippen MR) is 112 cm³/mol. The number of hydrogen-bond donors (Lipinski definition) is 2. The maximum Gasteiger partial charge on any atom is 0.246 e. The highest BCUT2D eigenvalue weighted by Gasteiger charge is 2.26. The molecule has 0 bridgehead atoms. The van der Waals surface area contributed by atoms with Crippen LogP contribution in [0.2, 0.25) is 0 Å². The first-order valence-electron chi connectivity index (χ1n) is 9.29. The van der Waals surface area contributed by atoms with Gasteiger partial charge < -0.3 is 10.6 Å². The number of nitrogens with one attached hydrogen (secondary N) is 2. The molecule has 0 aliphatic carbocycles. The molecule has 0 aliphatic heterocycles. The Labute approximate surface area is 173 Å². The number of halogens is 2. The summed E-state index contributed by atoms with van der Waals surface area (Å²) in [7, 11) is 1.65. The number of benzene rings is 3. The molecule has 2 N–H and O–H groups in total. The number of anilines is 2. The van der Waals surface area contributed by atoms with Crippen molar-refractivity contribution in [2.45, 2.75) is 6.04 Å². The lowest BCUT2D eigenvalue weighted by atomic mass is 10.0. The van der Waals surface area contributed by atoms with Gasteiger partial charge in [-0.05, 0) is 55.1 Å². The maximum atomic E-state index is 13.3. The first kappa shape index (κ1) is 21.1. The Morgan fingerprint density at radius 3 is 2.20 bits per heavy atom. The van der Waals surface area contributed by atoms with Gasteiger partial charge in [-0.25, -0.2) is 8.78 Å². The molecule has 0 heterocycles. The SMILES string of the molecule is CN(CC(=O)Nc1cccc(F)c1)[C@H](C(=O)Nc1ccc(F)cc1)c1ccccc1. The zero-order valence-electron chi connectivity index (χ0n) is 16.3. The number of likely N-dealkylation sites (N-methyl/N-ethyl adjacent to an activating group) is 1. The minimum absolute atomic E-state index is 0.104. The molecule has 5 nitrogen and oxygen atoms in total. The summed E-state index contributed by atoms with van der Waals surface area (Å²) in [6.07, 6.45) is 0. The van der Waals surface area contributed by atoms with Crippen LogP contribution in [0.25, 0.3) is 0 Å². The van der Waals surface area contributed by atoms with Crippen molar-refractivity contribution < 1.29 is 18.4 Å². The number of carbonyl (C=O) groups excluding carboxylic acids is 2. The van der Waals surface area contributed by atoms with Crippen molar-refractivity contribution in [2.24, 2.45) is 0 Å². The van der Waals surface area contributed by atoms with Crippen molar-refractivity contribution in [2.75, 3.05) is 24.2 Å². The molecule has 0 fully saturated rings. The Bertz CT molecular complexity index is 1010. The van der Waals surface area contributed by atoms with E-state index in [1.54, 1.807) is 42.3 Å². The number of nitrogens with zero attached hydrogens (tertiary/aromatic N) is 1. The van der Waals surface area contributed by atoms with Gasteiger partial charge in [0.25, 0.3) is 0 Å². The van der Waals surface area contributed by atoms with E-state index in [0.29, 0.717) is 16.9 Å². The molecule has 7 heteroatoms. The normalized spacial score (nSPS) is 11.7. The van der Waals surface area contributed by atoms with Crippen LogP contribution in [0.3, 0.4) is 0 Å². The number of hydrogen-bond acceptors (Lipinski definition) is 3. The number of carbonyl (C=O) groups is 2. The smallest absolute Gasteiger partial charge is 0.246 e. The van der Waals surface area contributed by atoms with E-state index in [1.165, 1.54) is 42.5 Å². The van der Waals surface area contributed by atoms with Gasteiger partial charge in [0, 0.05) is 11.4 Å². The molecular formula is C23H21F2N3O2. The van der Waals surface area contributed by atoms with Crippen LogP contribution in [-0.4, -0.2) is 30.3 Å². The topological polar surface area (TPSA) is 61.4 Å². The standard InChI is InChI=1S/C23H21F2N3O2/c1-28(15-21(29)26-20-9-5-8-18(25)14-20)22(16-6-3-2-4-7-16)23(30)27-19-12-10-17(24)11-13-19/h2-14,22H,15H2,1H3,(H,26,29)(H,27,30)/t22-/m0/s1. The van der Waals surface area contributed by atoms with Gasteiger partial charge in [0.2, 0.25) is 11.8 Å². The maximum absolute atomic E-state index is 13.3. The Balaban J connectivity index is 1.75. The molecule has 0 unspecified atom stereocenters. The lowest BCUT2D eigenvalue weighted by Crippen LogP contribution is -2.39. The van der Waals surface area contributed by atoms with Crippen molar-refractivity contribution >= 4 is 23.2 Å². The quantitative estimate of drug-likeness (QED) is 0.614. The van der Waals surface area contributed by atoms with E-state index in [2.05, 4.69) is 10.6 Å². The summed E-state index contributed by atoms with van der Waals surface area (Å²) in [6.45, 7) is -0.104. The van der Waals surface area contributed by atoms with Gasteiger partial charge in [0.05, 0.1) is 6.54 Å². The van der Waals surface area contributed by atoms with Crippen LogP contribution in [0, 0.1) is 11.6 Å². The van der Waals surface area contributed by atoms with E-state index in [1.807, 2.05) is 6.07 Å². The van der Waals surface area contributed by atoms with Crippen LogP contribution >= 0.6 is 0 Å². The lowest BCUT2D eigenvalue weighted by molar-refractivity contribution is -0.123. The third-order valence-electron chi connectivity index (χ3n) is 4.42. The average Bonchev–Trinajstić information content (AvgIpc) is 2.70. The van der Waals surface area contributed by atoms with Crippen molar-refractivity contribution in [1.82, 2.24) is 4.90 Å². The van der Waals surface area contributed by atoms with Crippen molar-refractivity contribution in [1.29, 1.82) is 0 Å². The fraction of sp³-hybridized carbons (Fsp3) is 0.130. The summed E-state index contributed by atoms with van der Waals surface area (Å²) in [5.74, 6) is -1.62. The Morgan fingerprint density at radius 1 is 0.833 bits per heavy atom. The third-order valence-corrected chi connectivity index (χ3v) is 4.42. The number of rotatable bonds is 7. The largest absolute Gasteiger partial charge is 0.325 e. The second-order valence-electron chi connectivity index (χ2n) is 6.78. The first-order chi connectivity index (χ1) is 14.4. The molecule has 0 aromatic heterocycles. The predicted octanol–water partition coefficient (Wildman–Crippen LogP) is 4.22. The molecule has 0 aliphatic rings. The minimum Gasteiger partial charge on any atom is -0.325 e.